The number of aryl methyl sites for hydroxylation is 2. The fourth-order valence-corrected chi connectivity index (χ4v) is 13.4. The van der Waals surface area contributed by atoms with Gasteiger partial charge in [-0.3, -0.25) is 28.8 Å². The molecular formula is C80H110BClLiN8O23. The number of pyridine rings is 2. The predicted octanol–water partition coefficient (Wildman–Crippen LogP) is 6.11. The van der Waals surface area contributed by atoms with E-state index >= 15 is 0 Å². The van der Waals surface area contributed by atoms with Crippen LogP contribution in [0.3, 0.4) is 0 Å². The van der Waals surface area contributed by atoms with Gasteiger partial charge in [-0.1, -0.05) is 151 Å². The molecule has 4 aliphatic rings. The third-order valence-corrected chi connectivity index (χ3v) is 19.2. The number of aromatic nitrogens is 4. The zero-order valence-corrected chi connectivity index (χ0v) is 69.6. The minimum atomic E-state index is -1.15. The van der Waals surface area contributed by atoms with Crippen LogP contribution in [0.1, 0.15) is 154 Å². The molecule has 7 N–H and O–H groups in total. The molecular weight excluding hydrogens is 1490 g/mol. The molecule has 1 radical (unpaired) electrons. The Balaban J connectivity index is 0.000000320. The van der Waals surface area contributed by atoms with Crippen molar-refractivity contribution < 1.29 is 131 Å². The zero-order chi connectivity index (χ0) is 83.9. The standard InChI is InChI=1S/C30H37N3O7.C17H29NO6.C14H23BNO5.C13H9ClN2O.C6H11NO3.Li.H2O/c1-17-25-26(40-32-17)23(15-21(31-25)18-11-9-8-10-12-18)38-19-13-22(28(36)37)33(16-19)27(35)20(29(2,3)4)14-24(34)39-30(5,6)7;1-16(2,3)11(8-13(20)24-17(4,5)6)14(21)18-9-10(19)7-12(18)15(22)23;1-14(2,3)10(6-15-8-17)12(19)16-7-9(18)5-11(16)13(20)21-4;1-8-12-13(17-16-8)10(14)7-11(15-12)9-5-3-2-4-6-9;1-10-6(9)5-2-4(8)3-7-5;;/h8-12,15,19-20,22H,13-14,16H2,1-7H3,(H,36,37);10-12,19H,7-9H2,1-6H3,(H,22,23);8-11,18H,5-7H2,1-4H3;2-7H,1H3;4-5,7-8H,2-3H2,1H3;;1H2/q;;;;;+1;/p-1/t19-,20-,22+;10-,11-,12+;9-,10-,11+;;4-,5+;;/m111.1../s1. The Bertz CT molecular complexity index is 4270. The van der Waals surface area contributed by atoms with Crippen LogP contribution in [-0.2, 0) is 66.9 Å². The van der Waals surface area contributed by atoms with E-state index < -0.39 is 124 Å². The van der Waals surface area contributed by atoms with Crippen molar-refractivity contribution in [3.8, 4) is 28.3 Å². The summed E-state index contributed by atoms with van der Waals surface area (Å²) in [4.78, 5) is 134. The van der Waals surface area contributed by atoms with Gasteiger partial charge in [0.05, 0.1) is 86.3 Å². The number of fused-ring (bicyclic) bond motifs is 2. The minimum absolute atomic E-state index is 0. The number of aliphatic hydroxyl groups is 3. The first-order valence-corrected chi connectivity index (χ1v) is 37.4. The molecule has 2 aromatic carbocycles. The third kappa shape index (κ3) is 27.4. The van der Waals surface area contributed by atoms with E-state index in [2.05, 4.69) is 25.4 Å². The third-order valence-electron chi connectivity index (χ3n) is 18.9. The summed E-state index contributed by atoms with van der Waals surface area (Å²) in [5.41, 5.74) is 4.00. The number of carbonyl (C=O) groups excluding carboxylic acids is 8. The summed E-state index contributed by atoms with van der Waals surface area (Å²) in [6.45, 7) is 31.5. The van der Waals surface area contributed by atoms with Crippen molar-refractivity contribution in [3.63, 3.8) is 0 Å². The van der Waals surface area contributed by atoms with Gasteiger partial charge in [-0.05, 0) is 77.7 Å². The van der Waals surface area contributed by atoms with Gasteiger partial charge in [-0.15, -0.1) is 0 Å². The van der Waals surface area contributed by atoms with Gasteiger partial charge in [-0.25, -0.2) is 24.4 Å². The minimum Gasteiger partial charge on any atom is -0.870 e. The number of carbonyl (C=O) groups is 10. The number of nitrogens with zero attached hydrogens (tertiary/aromatic N) is 7. The Hall–Kier alpha value is -8.87. The number of aliphatic carboxylic acids is 2. The number of carboxylic acid groups (broad SMARTS) is 2. The summed E-state index contributed by atoms with van der Waals surface area (Å²) < 4.78 is 36.9. The molecule has 4 saturated heterocycles. The number of methoxy groups -OCH3 is 2. The van der Waals surface area contributed by atoms with Crippen LogP contribution in [0.25, 0.3) is 44.7 Å². The molecule has 4 aliphatic heterocycles. The van der Waals surface area contributed by atoms with Crippen LogP contribution in [0.4, 0.5) is 0 Å². The molecule has 34 heteroatoms. The number of hydrogen-bond acceptors (Lipinski definition) is 26. The smallest absolute Gasteiger partial charge is 0.870 e. The van der Waals surface area contributed by atoms with Gasteiger partial charge < -0.3 is 88.6 Å². The predicted molar refractivity (Wildman–Crippen MR) is 416 cm³/mol. The average molecular weight is 1600 g/mol. The van der Waals surface area contributed by atoms with Crippen LogP contribution in [0.15, 0.2) is 81.8 Å². The molecule has 4 fully saturated rings. The molecule has 4 aromatic heterocycles. The van der Waals surface area contributed by atoms with E-state index in [1.807, 2.05) is 130 Å². The molecule has 0 saturated carbocycles. The molecule has 0 unspecified atom stereocenters. The number of aliphatic hydroxyl groups excluding tert-OH is 3. The molecule has 0 spiro atoms. The largest absolute Gasteiger partial charge is 1.00 e. The summed E-state index contributed by atoms with van der Waals surface area (Å²) in [6, 6.07) is 19.8. The van der Waals surface area contributed by atoms with Crippen molar-refractivity contribution in [2.75, 3.05) is 40.4 Å². The Morgan fingerprint density at radius 1 is 0.570 bits per heavy atom. The number of halogens is 1. The van der Waals surface area contributed by atoms with E-state index in [1.54, 1.807) is 60.6 Å². The maximum absolute atomic E-state index is 13.8. The number of amides is 3. The summed E-state index contributed by atoms with van der Waals surface area (Å²) in [6.07, 6.45) is -1.20. The Kier molecular flexibility index (Phi) is 35.6. The van der Waals surface area contributed by atoms with E-state index in [0.717, 1.165) is 28.0 Å². The van der Waals surface area contributed by atoms with E-state index in [1.165, 1.54) is 36.2 Å². The first kappa shape index (κ1) is 97.5. The Labute approximate surface area is 682 Å². The van der Waals surface area contributed by atoms with Crippen molar-refractivity contribution in [3.05, 3.63) is 89.2 Å². The second-order valence-electron chi connectivity index (χ2n) is 33.4. The quantitative estimate of drug-likeness (QED) is 0.0244. The number of likely N-dealkylation sites (tertiary alicyclic amines) is 3. The fraction of sp³-hybridized carbons (Fsp3) is 0.575. The summed E-state index contributed by atoms with van der Waals surface area (Å²) in [7, 11) is 4.01. The number of β-amino-alcohol motifs (C(OH)–C–C–N with tert-alkyl or cyclic N) is 3. The monoisotopic (exact) mass is 1600 g/mol. The zero-order valence-electron chi connectivity index (χ0n) is 68.8. The molecule has 8 heterocycles. The number of rotatable bonds is 18. The number of nitrogens with one attached hydrogen (secondary N) is 1. The summed E-state index contributed by atoms with van der Waals surface area (Å²) >= 11 is 6.15. The van der Waals surface area contributed by atoms with Gasteiger partial charge in [0.2, 0.25) is 28.9 Å². The van der Waals surface area contributed by atoms with E-state index in [9.17, 15) is 68.4 Å². The fourth-order valence-electron chi connectivity index (χ4n) is 13.1. The van der Waals surface area contributed by atoms with Crippen molar-refractivity contribution in [1.82, 2.24) is 40.3 Å². The number of ether oxygens (including phenoxy) is 5. The average Bonchev–Trinajstić information content (AvgIpc) is 1.62. The molecule has 31 nitrogen and oxygen atoms in total. The Morgan fingerprint density at radius 3 is 1.39 bits per heavy atom. The van der Waals surface area contributed by atoms with Gasteiger partial charge in [-0.2, -0.15) is 0 Å². The van der Waals surface area contributed by atoms with E-state index in [0.29, 0.717) is 64.3 Å². The maximum Gasteiger partial charge on any atom is 1.00 e. The summed E-state index contributed by atoms with van der Waals surface area (Å²) in [5.74, 6) is -6.75. The molecule has 3 amide bonds. The van der Waals surface area contributed by atoms with Crippen molar-refractivity contribution in [1.29, 1.82) is 0 Å². The van der Waals surface area contributed by atoms with E-state index in [-0.39, 0.29) is 99.4 Å². The normalized spacial score (nSPS) is 20.1. The van der Waals surface area contributed by atoms with Crippen LogP contribution in [-0.4, -0.2) is 233 Å². The van der Waals surface area contributed by atoms with Crippen LogP contribution in [0.2, 0.25) is 11.3 Å². The van der Waals surface area contributed by atoms with Gasteiger partial charge in [0.1, 0.15) is 63.9 Å². The van der Waals surface area contributed by atoms with Crippen molar-refractivity contribution >= 4 is 101 Å². The number of esters is 4. The second kappa shape index (κ2) is 41.6. The molecule has 0 aliphatic carbocycles. The van der Waals surface area contributed by atoms with Crippen molar-refractivity contribution in [2.45, 2.75) is 222 Å². The van der Waals surface area contributed by atoms with Gasteiger partial charge in [0, 0.05) is 68.4 Å². The van der Waals surface area contributed by atoms with Crippen LogP contribution >= 0.6 is 11.6 Å². The van der Waals surface area contributed by atoms with Crippen LogP contribution < -0.4 is 28.9 Å². The van der Waals surface area contributed by atoms with Crippen molar-refractivity contribution in [2.24, 2.45) is 34.0 Å². The van der Waals surface area contributed by atoms with Gasteiger partial charge in [0.15, 0.2) is 13.0 Å². The van der Waals surface area contributed by atoms with E-state index in [4.69, 9.17) is 49.7 Å². The first-order valence-electron chi connectivity index (χ1n) is 37.1. The number of hydrogen-bond donors (Lipinski definition) is 6. The second-order valence-corrected chi connectivity index (χ2v) is 33.8. The molecule has 619 valence electrons. The molecule has 10 rings (SSSR count). The molecule has 6 aromatic rings. The van der Waals surface area contributed by atoms with Gasteiger partial charge in [0.25, 0.3) is 0 Å². The van der Waals surface area contributed by atoms with Gasteiger partial charge >= 0.3 is 54.7 Å². The number of carboxylic acids is 2. The van der Waals surface area contributed by atoms with Crippen LogP contribution in [0, 0.1) is 47.8 Å². The molecule has 0 bridgehead atoms. The SMILES string of the molecule is CC(C)(C)OC(=O)C[C@H](C(=O)N1C[C@H](O)C[C@H]1C(=O)O)C(C)(C)C.COC(=O)[C@@H]1C[C@@H](O)CN1.COC(=O)[C@@H]1C[C@@H](O)CN1C(=O)[C@@H](C[B]C=O)C(C)(C)C.Cc1noc2c(Cl)cc(-c3ccccc3)nc12.Cc1noc2c(O[C@@H]3C[C@@H](C(=O)O)N(C(=O)[C@@H](CC(=O)OC(C)(C)C)C(C)(C)C)C3)cc(-c3ccccc3)nc12.[Li+].[OH-]. The summed E-state index contributed by atoms with van der Waals surface area (Å²) in [5, 5.41) is 59.0. The first-order chi connectivity index (χ1) is 52.1. The Morgan fingerprint density at radius 2 is 0.974 bits per heavy atom. The topological polar surface area (TPSA) is 448 Å². The molecule has 114 heavy (non-hydrogen) atoms. The van der Waals surface area contributed by atoms with Crippen LogP contribution in [0.5, 0.6) is 5.75 Å². The maximum atomic E-state index is 13.8. The number of benzene rings is 2. The molecule has 11 atom stereocenters.